The van der Waals surface area contributed by atoms with E-state index in [1.807, 2.05) is 31.2 Å². The predicted molar refractivity (Wildman–Crippen MR) is 85.4 cm³/mol. The van der Waals surface area contributed by atoms with E-state index < -0.39 is 0 Å². The predicted octanol–water partition coefficient (Wildman–Crippen LogP) is 1.38. The molecule has 0 aliphatic rings. The highest BCUT2D eigenvalue weighted by Crippen LogP contribution is 2.08. The van der Waals surface area contributed by atoms with Crippen LogP contribution in [0.2, 0.25) is 0 Å². The normalized spacial score (nSPS) is 10.5. The lowest BCUT2D eigenvalue weighted by molar-refractivity contribution is -0.117. The number of anilines is 1. The standard InChI is InChI=1S/C16H15N5O2/c1-12-3-5-13(6-4-12)18-15(22)11-21-16(23)8-7-14(19-21)20-10-2-9-17-20/h2-10H,11H2,1H3,(H,18,22). The number of carbonyl (C=O) groups is 1. The van der Waals surface area contributed by atoms with Gasteiger partial charge >= 0.3 is 0 Å². The Labute approximate surface area is 132 Å². The van der Waals surface area contributed by atoms with Gasteiger partial charge in [0.05, 0.1) is 0 Å². The van der Waals surface area contributed by atoms with Gasteiger partial charge in [-0.3, -0.25) is 9.59 Å². The Balaban J connectivity index is 1.76. The topological polar surface area (TPSA) is 81.8 Å². The van der Waals surface area contributed by atoms with Crippen molar-refractivity contribution in [2.24, 2.45) is 0 Å². The van der Waals surface area contributed by atoms with Crippen LogP contribution in [0.1, 0.15) is 5.56 Å². The first kappa shape index (κ1) is 14.7. The summed E-state index contributed by atoms with van der Waals surface area (Å²) in [5.74, 6) is 0.152. The lowest BCUT2D eigenvalue weighted by atomic mass is 10.2. The monoisotopic (exact) mass is 309 g/mol. The number of aryl methyl sites for hydroxylation is 1. The van der Waals surface area contributed by atoms with Gasteiger partial charge in [-0.15, -0.1) is 5.10 Å². The van der Waals surface area contributed by atoms with Gasteiger partial charge < -0.3 is 5.32 Å². The van der Waals surface area contributed by atoms with E-state index in [0.717, 1.165) is 10.2 Å². The summed E-state index contributed by atoms with van der Waals surface area (Å²) in [5, 5.41) is 10.9. The molecule has 2 aromatic heterocycles. The molecule has 7 heteroatoms. The van der Waals surface area contributed by atoms with Gasteiger partial charge in [-0.1, -0.05) is 17.7 Å². The fourth-order valence-corrected chi connectivity index (χ4v) is 2.05. The lowest BCUT2D eigenvalue weighted by Crippen LogP contribution is -2.30. The van der Waals surface area contributed by atoms with Crippen LogP contribution in [0.5, 0.6) is 0 Å². The highest BCUT2D eigenvalue weighted by molar-refractivity contribution is 5.90. The van der Waals surface area contributed by atoms with Crippen molar-refractivity contribution in [2.75, 3.05) is 5.32 Å². The molecule has 0 aliphatic carbocycles. The first-order valence-corrected chi connectivity index (χ1v) is 7.06. The van der Waals surface area contributed by atoms with Crippen LogP contribution >= 0.6 is 0 Å². The van der Waals surface area contributed by atoms with Crippen LogP contribution in [0, 0.1) is 6.92 Å². The quantitative estimate of drug-likeness (QED) is 0.789. The van der Waals surface area contributed by atoms with Gasteiger partial charge in [0, 0.05) is 24.1 Å². The number of aromatic nitrogens is 4. The number of rotatable bonds is 4. The van der Waals surface area contributed by atoms with Crippen molar-refractivity contribution >= 4 is 11.6 Å². The molecule has 0 bridgehead atoms. The summed E-state index contributed by atoms with van der Waals surface area (Å²) < 4.78 is 2.63. The Morgan fingerprint density at radius 3 is 2.65 bits per heavy atom. The first-order valence-electron chi connectivity index (χ1n) is 7.06. The van der Waals surface area contributed by atoms with Crippen LogP contribution in [0.3, 0.4) is 0 Å². The number of nitrogens with zero attached hydrogens (tertiary/aromatic N) is 4. The third-order valence-electron chi connectivity index (χ3n) is 3.22. The molecule has 1 aromatic carbocycles. The fourth-order valence-electron chi connectivity index (χ4n) is 2.05. The average molecular weight is 309 g/mol. The van der Waals surface area contributed by atoms with Crippen molar-refractivity contribution < 1.29 is 4.79 Å². The summed E-state index contributed by atoms with van der Waals surface area (Å²) in [4.78, 5) is 23.9. The van der Waals surface area contributed by atoms with E-state index in [0.29, 0.717) is 11.5 Å². The SMILES string of the molecule is Cc1ccc(NC(=O)Cn2nc(-n3cccn3)ccc2=O)cc1. The minimum atomic E-state index is -0.347. The van der Waals surface area contributed by atoms with E-state index in [-0.39, 0.29) is 18.0 Å². The molecule has 2 heterocycles. The molecule has 0 atom stereocenters. The largest absolute Gasteiger partial charge is 0.324 e. The van der Waals surface area contributed by atoms with Gasteiger partial charge in [-0.05, 0) is 31.2 Å². The number of carbonyl (C=O) groups excluding carboxylic acids is 1. The Bertz CT molecular complexity index is 866. The van der Waals surface area contributed by atoms with Crippen LogP contribution in [0.15, 0.2) is 59.7 Å². The molecule has 0 unspecified atom stereocenters. The zero-order chi connectivity index (χ0) is 16.2. The molecule has 0 saturated heterocycles. The van der Waals surface area contributed by atoms with E-state index in [4.69, 9.17) is 0 Å². The Hall–Kier alpha value is -3.22. The molecule has 0 spiro atoms. The second-order valence-corrected chi connectivity index (χ2v) is 5.05. The van der Waals surface area contributed by atoms with Crippen molar-refractivity contribution in [2.45, 2.75) is 13.5 Å². The van der Waals surface area contributed by atoms with E-state index >= 15 is 0 Å². The third kappa shape index (κ3) is 3.52. The van der Waals surface area contributed by atoms with Gasteiger partial charge in [0.2, 0.25) is 5.91 Å². The number of hydrogen-bond donors (Lipinski definition) is 1. The number of amides is 1. The van der Waals surface area contributed by atoms with Gasteiger partial charge in [0.15, 0.2) is 5.82 Å². The molecule has 0 aliphatic heterocycles. The maximum atomic E-state index is 12.1. The molecule has 0 radical (unpaired) electrons. The molecule has 7 nitrogen and oxygen atoms in total. The number of benzene rings is 1. The second kappa shape index (κ2) is 6.27. The van der Waals surface area contributed by atoms with Crippen LogP contribution in [0.4, 0.5) is 5.69 Å². The van der Waals surface area contributed by atoms with Gasteiger partial charge in [-0.25, -0.2) is 9.36 Å². The summed E-state index contributed by atoms with van der Waals surface area (Å²) in [5.41, 5.74) is 1.43. The minimum absolute atomic E-state index is 0.165. The molecule has 23 heavy (non-hydrogen) atoms. The van der Waals surface area contributed by atoms with Crippen LogP contribution < -0.4 is 10.9 Å². The Kier molecular flexibility index (Phi) is 4.01. The molecule has 0 saturated carbocycles. The second-order valence-electron chi connectivity index (χ2n) is 5.05. The zero-order valence-electron chi connectivity index (χ0n) is 12.5. The van der Waals surface area contributed by atoms with Crippen molar-refractivity contribution in [1.29, 1.82) is 0 Å². The molecular weight excluding hydrogens is 294 g/mol. The maximum Gasteiger partial charge on any atom is 0.267 e. The molecule has 116 valence electrons. The Morgan fingerprint density at radius 2 is 1.96 bits per heavy atom. The van der Waals surface area contributed by atoms with Gasteiger partial charge in [0.1, 0.15) is 6.54 Å². The van der Waals surface area contributed by atoms with Crippen molar-refractivity contribution in [3.8, 4) is 5.82 Å². The van der Waals surface area contributed by atoms with Gasteiger partial charge in [-0.2, -0.15) is 5.10 Å². The average Bonchev–Trinajstić information content (AvgIpc) is 3.06. The summed E-state index contributed by atoms with van der Waals surface area (Å²) in [7, 11) is 0. The summed E-state index contributed by atoms with van der Waals surface area (Å²) in [6, 6.07) is 12.1. The van der Waals surface area contributed by atoms with Crippen LogP contribution in [-0.2, 0) is 11.3 Å². The van der Waals surface area contributed by atoms with Crippen molar-refractivity contribution in [3.05, 3.63) is 70.8 Å². The molecule has 0 fully saturated rings. The van der Waals surface area contributed by atoms with Crippen molar-refractivity contribution in [1.82, 2.24) is 19.6 Å². The van der Waals surface area contributed by atoms with Crippen LogP contribution in [0.25, 0.3) is 5.82 Å². The third-order valence-corrected chi connectivity index (χ3v) is 3.22. The molecule has 3 rings (SSSR count). The zero-order valence-corrected chi connectivity index (χ0v) is 12.5. The highest BCUT2D eigenvalue weighted by atomic mass is 16.2. The van der Waals surface area contributed by atoms with E-state index in [9.17, 15) is 9.59 Å². The molecule has 1 N–H and O–H groups in total. The molecular formula is C16H15N5O2. The summed E-state index contributed by atoms with van der Waals surface area (Å²) in [6.07, 6.45) is 3.32. The van der Waals surface area contributed by atoms with Crippen LogP contribution in [-0.4, -0.2) is 25.5 Å². The van der Waals surface area contributed by atoms with Gasteiger partial charge in [0.25, 0.3) is 5.56 Å². The first-order chi connectivity index (χ1) is 11.1. The summed E-state index contributed by atoms with van der Waals surface area (Å²) in [6.45, 7) is 1.80. The van der Waals surface area contributed by atoms with Crippen molar-refractivity contribution in [3.63, 3.8) is 0 Å². The van der Waals surface area contributed by atoms with E-state index in [1.165, 1.54) is 10.7 Å². The highest BCUT2D eigenvalue weighted by Gasteiger charge is 2.08. The lowest BCUT2D eigenvalue weighted by Gasteiger charge is -2.08. The molecule has 3 aromatic rings. The number of hydrogen-bond acceptors (Lipinski definition) is 4. The fraction of sp³-hybridized carbons (Fsp3) is 0.125. The maximum absolute atomic E-state index is 12.1. The number of nitrogens with one attached hydrogen (secondary N) is 1. The van der Waals surface area contributed by atoms with E-state index in [2.05, 4.69) is 15.5 Å². The smallest absolute Gasteiger partial charge is 0.267 e. The molecule has 1 amide bonds. The van der Waals surface area contributed by atoms with E-state index in [1.54, 1.807) is 24.5 Å². The Morgan fingerprint density at radius 1 is 1.17 bits per heavy atom. The minimum Gasteiger partial charge on any atom is -0.324 e. The summed E-state index contributed by atoms with van der Waals surface area (Å²) >= 11 is 0.